The van der Waals surface area contributed by atoms with Crippen molar-refractivity contribution in [2.24, 2.45) is 0 Å². The van der Waals surface area contributed by atoms with Crippen LogP contribution in [0, 0.1) is 11.3 Å². The number of hydrogen-bond acceptors (Lipinski definition) is 6. The van der Waals surface area contributed by atoms with Crippen LogP contribution in [0.25, 0.3) is 16.7 Å². The van der Waals surface area contributed by atoms with Gasteiger partial charge in [-0.3, -0.25) is 18.6 Å². The van der Waals surface area contributed by atoms with Crippen molar-refractivity contribution < 1.29 is 4.79 Å². The van der Waals surface area contributed by atoms with E-state index in [0.717, 1.165) is 12.8 Å². The van der Waals surface area contributed by atoms with Crippen LogP contribution in [0.2, 0.25) is 0 Å². The number of aromatic nitrogens is 4. The summed E-state index contributed by atoms with van der Waals surface area (Å²) in [4.78, 5) is 25.3. The van der Waals surface area contributed by atoms with Crippen molar-refractivity contribution in [3.05, 3.63) is 47.3 Å². The molecule has 1 N–H and O–H groups in total. The molecule has 3 aromatic rings. The van der Waals surface area contributed by atoms with Gasteiger partial charge in [0.05, 0.1) is 22.7 Å². The first-order valence-electron chi connectivity index (χ1n) is 9.41. The Hall–Kier alpha value is -3.12. The number of rotatable bonds is 6. The molecule has 0 bridgehead atoms. The normalized spacial score (nSPS) is 15.4. The fraction of sp³-hybridized carbons (Fsp3) is 0.350. The summed E-state index contributed by atoms with van der Waals surface area (Å²) in [6, 6.07) is 9.50. The summed E-state index contributed by atoms with van der Waals surface area (Å²) < 4.78 is 3.30. The Labute approximate surface area is 171 Å². The molecule has 29 heavy (non-hydrogen) atoms. The minimum absolute atomic E-state index is 0.110. The van der Waals surface area contributed by atoms with Gasteiger partial charge in [0.2, 0.25) is 11.7 Å². The number of hydrogen-bond donors (Lipinski definition) is 1. The van der Waals surface area contributed by atoms with Gasteiger partial charge in [0, 0.05) is 6.54 Å². The van der Waals surface area contributed by atoms with Gasteiger partial charge in [-0.2, -0.15) is 5.26 Å². The number of nitrogens with zero attached hydrogens (tertiary/aromatic N) is 5. The number of amides is 1. The van der Waals surface area contributed by atoms with Gasteiger partial charge in [0.15, 0.2) is 5.16 Å². The summed E-state index contributed by atoms with van der Waals surface area (Å²) in [7, 11) is 0. The van der Waals surface area contributed by atoms with Crippen LogP contribution in [0.4, 0.5) is 0 Å². The summed E-state index contributed by atoms with van der Waals surface area (Å²) in [5.74, 6) is 0.304. The van der Waals surface area contributed by atoms with Crippen molar-refractivity contribution in [1.82, 2.24) is 24.5 Å². The number of thioether (sulfide) groups is 1. The van der Waals surface area contributed by atoms with Crippen molar-refractivity contribution in [3.63, 3.8) is 0 Å². The van der Waals surface area contributed by atoms with E-state index in [1.54, 1.807) is 22.6 Å². The molecular weight excluding hydrogens is 388 g/mol. The Balaban J connectivity index is 1.67. The number of fused-ring (bicyclic) bond motifs is 3. The third-order valence-electron chi connectivity index (χ3n) is 5.17. The zero-order valence-corrected chi connectivity index (χ0v) is 16.6. The highest BCUT2D eigenvalue weighted by Crippen LogP contribution is 2.29. The molecule has 9 heteroatoms. The summed E-state index contributed by atoms with van der Waals surface area (Å²) in [6.45, 7) is 4.02. The Kier molecular flexibility index (Phi) is 5.11. The van der Waals surface area contributed by atoms with Gasteiger partial charge in [-0.15, -0.1) is 16.8 Å². The molecular formula is C20H20N6O2S. The molecule has 2 heterocycles. The van der Waals surface area contributed by atoms with Crippen molar-refractivity contribution >= 4 is 34.3 Å². The molecule has 0 aliphatic heterocycles. The fourth-order valence-corrected chi connectivity index (χ4v) is 4.54. The molecule has 8 nitrogen and oxygen atoms in total. The second kappa shape index (κ2) is 7.72. The van der Waals surface area contributed by atoms with E-state index < -0.39 is 5.54 Å². The SMILES string of the molecule is C=CCn1c(=O)c2ccccc2n2c(SCC(=O)NC3(C#N)CCCC3)nnc12. The van der Waals surface area contributed by atoms with Gasteiger partial charge in [0.25, 0.3) is 5.56 Å². The number of allylic oxidation sites excluding steroid dienone is 1. The molecule has 1 aliphatic rings. The smallest absolute Gasteiger partial charge is 0.263 e. The van der Waals surface area contributed by atoms with E-state index in [-0.39, 0.29) is 17.2 Å². The maximum absolute atomic E-state index is 12.8. The fourth-order valence-electron chi connectivity index (χ4n) is 3.80. The summed E-state index contributed by atoms with van der Waals surface area (Å²) in [6.07, 6.45) is 4.90. The topological polar surface area (TPSA) is 105 Å². The highest BCUT2D eigenvalue weighted by Gasteiger charge is 2.35. The zero-order chi connectivity index (χ0) is 20.4. The molecule has 0 atom stereocenters. The molecule has 0 saturated heterocycles. The molecule has 0 spiro atoms. The molecule has 1 fully saturated rings. The largest absolute Gasteiger partial charge is 0.337 e. The van der Waals surface area contributed by atoms with Gasteiger partial charge in [-0.25, -0.2) is 0 Å². The first kappa shape index (κ1) is 19.2. The number of para-hydroxylation sites is 1. The monoisotopic (exact) mass is 408 g/mol. The minimum atomic E-state index is -0.748. The second-order valence-electron chi connectivity index (χ2n) is 7.08. The van der Waals surface area contributed by atoms with E-state index in [1.165, 1.54) is 16.3 Å². The molecule has 1 saturated carbocycles. The first-order valence-corrected chi connectivity index (χ1v) is 10.4. The highest BCUT2D eigenvalue weighted by atomic mass is 32.2. The third-order valence-corrected chi connectivity index (χ3v) is 6.10. The van der Waals surface area contributed by atoms with Crippen LogP contribution in [0.15, 0.2) is 46.9 Å². The molecule has 0 radical (unpaired) electrons. The Morgan fingerprint density at radius 2 is 2.10 bits per heavy atom. The maximum Gasteiger partial charge on any atom is 0.263 e. The van der Waals surface area contributed by atoms with E-state index in [9.17, 15) is 14.9 Å². The predicted octanol–water partition coefficient (Wildman–Crippen LogP) is 2.27. The van der Waals surface area contributed by atoms with Crippen LogP contribution in [0.1, 0.15) is 25.7 Å². The van der Waals surface area contributed by atoms with E-state index in [0.29, 0.717) is 41.2 Å². The third kappa shape index (κ3) is 3.40. The molecule has 4 rings (SSSR count). The van der Waals surface area contributed by atoms with Gasteiger partial charge in [-0.1, -0.05) is 30.0 Å². The maximum atomic E-state index is 12.8. The Bertz CT molecular complexity index is 1200. The Morgan fingerprint density at radius 3 is 2.83 bits per heavy atom. The van der Waals surface area contributed by atoms with E-state index in [4.69, 9.17) is 0 Å². The van der Waals surface area contributed by atoms with Crippen molar-refractivity contribution in [1.29, 1.82) is 5.26 Å². The van der Waals surface area contributed by atoms with Gasteiger partial charge < -0.3 is 5.32 Å². The van der Waals surface area contributed by atoms with Crippen LogP contribution < -0.4 is 10.9 Å². The number of carbonyl (C=O) groups excluding carboxylic acids is 1. The van der Waals surface area contributed by atoms with Crippen LogP contribution in [-0.2, 0) is 11.3 Å². The summed E-state index contributed by atoms with van der Waals surface area (Å²) >= 11 is 1.23. The van der Waals surface area contributed by atoms with E-state index in [1.807, 2.05) is 12.1 Å². The van der Waals surface area contributed by atoms with Gasteiger partial charge in [-0.05, 0) is 37.8 Å². The molecule has 1 aliphatic carbocycles. The van der Waals surface area contributed by atoms with Crippen LogP contribution in [0.5, 0.6) is 0 Å². The van der Waals surface area contributed by atoms with Crippen molar-refractivity contribution in [2.75, 3.05) is 5.75 Å². The van der Waals surface area contributed by atoms with E-state index in [2.05, 4.69) is 28.2 Å². The average molecular weight is 408 g/mol. The summed E-state index contributed by atoms with van der Waals surface area (Å²) in [5, 5.41) is 21.8. The standard InChI is InChI=1S/C20H20N6O2S/c1-2-11-25-17(28)14-7-3-4-8-15(14)26-18(25)23-24-19(26)29-12-16(27)22-20(13-21)9-5-6-10-20/h2-4,7-8H,1,5-6,9-12H2,(H,22,27). The first-order chi connectivity index (χ1) is 14.1. The lowest BCUT2D eigenvalue weighted by Crippen LogP contribution is -2.45. The van der Waals surface area contributed by atoms with Crippen LogP contribution in [0.3, 0.4) is 0 Å². The second-order valence-corrected chi connectivity index (χ2v) is 8.02. The number of nitrogens with one attached hydrogen (secondary N) is 1. The minimum Gasteiger partial charge on any atom is -0.337 e. The quantitative estimate of drug-likeness (QED) is 0.496. The van der Waals surface area contributed by atoms with Crippen LogP contribution >= 0.6 is 11.8 Å². The zero-order valence-electron chi connectivity index (χ0n) is 15.8. The average Bonchev–Trinajstić information content (AvgIpc) is 3.37. The predicted molar refractivity (Wildman–Crippen MR) is 111 cm³/mol. The molecule has 1 aromatic carbocycles. The summed E-state index contributed by atoms with van der Waals surface area (Å²) in [5.41, 5.74) is -0.223. The number of carbonyl (C=O) groups is 1. The van der Waals surface area contributed by atoms with Gasteiger partial charge >= 0.3 is 0 Å². The molecule has 0 unspecified atom stereocenters. The van der Waals surface area contributed by atoms with Gasteiger partial charge in [0.1, 0.15) is 5.54 Å². The van der Waals surface area contributed by atoms with Crippen LogP contribution in [-0.4, -0.2) is 36.4 Å². The van der Waals surface area contributed by atoms with E-state index >= 15 is 0 Å². The highest BCUT2D eigenvalue weighted by molar-refractivity contribution is 7.99. The lowest BCUT2D eigenvalue weighted by atomic mass is 10.0. The lowest BCUT2D eigenvalue weighted by Gasteiger charge is -2.21. The van der Waals surface area contributed by atoms with Crippen molar-refractivity contribution in [3.8, 4) is 6.07 Å². The van der Waals surface area contributed by atoms with Crippen molar-refractivity contribution in [2.45, 2.75) is 42.9 Å². The lowest BCUT2D eigenvalue weighted by molar-refractivity contribution is -0.119. The molecule has 148 valence electrons. The number of nitriles is 1. The molecule has 2 aromatic heterocycles. The Morgan fingerprint density at radius 1 is 1.34 bits per heavy atom. The number of benzene rings is 1. The molecule has 1 amide bonds.